The van der Waals surface area contributed by atoms with Crippen LogP contribution in [0.25, 0.3) is 0 Å². The summed E-state index contributed by atoms with van der Waals surface area (Å²) in [6, 6.07) is 0. The van der Waals surface area contributed by atoms with Gasteiger partial charge in [0.25, 0.3) is 0 Å². The average Bonchev–Trinajstić information content (AvgIpc) is 2.01. The van der Waals surface area contributed by atoms with Gasteiger partial charge in [-0.15, -0.1) is 0 Å². The Morgan fingerprint density at radius 3 is 2.91 bits per heavy atom. The second-order valence-electron chi connectivity index (χ2n) is 1.71. The van der Waals surface area contributed by atoms with Crippen molar-refractivity contribution in [2.75, 3.05) is 18.8 Å². The third-order valence-corrected chi connectivity index (χ3v) is 1.12. The minimum atomic E-state index is 0.518. The lowest BCUT2D eigenvalue weighted by molar-refractivity contribution is 0.917. The fourth-order valence-corrected chi connectivity index (χ4v) is 0.637. The molecule has 0 saturated carbocycles. The van der Waals surface area contributed by atoms with Crippen LogP contribution >= 0.6 is 12.6 Å². The van der Waals surface area contributed by atoms with E-state index < -0.39 is 0 Å². The van der Waals surface area contributed by atoms with E-state index in [4.69, 9.17) is 5.26 Å². The molecule has 0 aliphatic heterocycles. The van der Waals surface area contributed by atoms with Crippen LogP contribution in [0.5, 0.6) is 0 Å². The molecule has 0 aliphatic rings. The highest BCUT2D eigenvalue weighted by Crippen LogP contribution is 1.72. The standard InChI is InChI=1S/C6H12N4S/c1-2-8-6(10-5-7)9-3-4-11/h11H,2-4H2,1H3,(H2,8,9,10). The van der Waals surface area contributed by atoms with E-state index in [1.807, 2.05) is 6.92 Å². The predicted molar refractivity (Wildman–Crippen MR) is 48.6 cm³/mol. The quantitative estimate of drug-likeness (QED) is 0.184. The van der Waals surface area contributed by atoms with Gasteiger partial charge in [0, 0.05) is 18.8 Å². The number of thiol groups is 1. The number of hydrogen-bond acceptors (Lipinski definition) is 3. The Morgan fingerprint density at radius 1 is 1.73 bits per heavy atom. The second kappa shape index (κ2) is 7.22. The maximum atomic E-state index is 8.26. The highest BCUT2D eigenvalue weighted by atomic mass is 32.1. The number of rotatable bonds is 3. The molecule has 2 N–H and O–H groups in total. The second-order valence-corrected chi connectivity index (χ2v) is 2.16. The minimum absolute atomic E-state index is 0.518. The van der Waals surface area contributed by atoms with Crippen molar-refractivity contribution in [2.45, 2.75) is 6.92 Å². The maximum Gasteiger partial charge on any atom is 0.204 e. The minimum Gasteiger partial charge on any atom is -0.355 e. The van der Waals surface area contributed by atoms with E-state index in [9.17, 15) is 0 Å². The lowest BCUT2D eigenvalue weighted by Crippen LogP contribution is -2.35. The van der Waals surface area contributed by atoms with Crippen molar-refractivity contribution in [1.29, 1.82) is 5.26 Å². The van der Waals surface area contributed by atoms with Gasteiger partial charge in [-0.2, -0.15) is 17.9 Å². The molecule has 0 rings (SSSR count). The molecule has 0 atom stereocenters. The summed E-state index contributed by atoms with van der Waals surface area (Å²) in [7, 11) is 0. The van der Waals surface area contributed by atoms with E-state index in [0.29, 0.717) is 19.0 Å². The summed E-state index contributed by atoms with van der Waals surface area (Å²) in [5.74, 6) is 1.24. The van der Waals surface area contributed by atoms with Crippen molar-refractivity contribution < 1.29 is 0 Å². The average molecular weight is 172 g/mol. The molecule has 0 saturated heterocycles. The van der Waals surface area contributed by atoms with Crippen LogP contribution in [0.15, 0.2) is 4.99 Å². The van der Waals surface area contributed by atoms with Crippen LogP contribution in [0.3, 0.4) is 0 Å². The Hall–Kier alpha value is -0.890. The van der Waals surface area contributed by atoms with Crippen LogP contribution in [-0.4, -0.2) is 24.8 Å². The molecule has 0 radical (unpaired) electrons. The normalized spacial score (nSPS) is 10.5. The Balaban J connectivity index is 3.71. The van der Waals surface area contributed by atoms with Gasteiger partial charge in [-0.3, -0.25) is 10.3 Å². The van der Waals surface area contributed by atoms with Crippen molar-refractivity contribution in [3.63, 3.8) is 0 Å². The first-order chi connectivity index (χ1) is 5.35. The first-order valence-electron chi connectivity index (χ1n) is 3.39. The van der Waals surface area contributed by atoms with E-state index >= 15 is 0 Å². The topological polar surface area (TPSA) is 60.2 Å². The van der Waals surface area contributed by atoms with Crippen molar-refractivity contribution in [1.82, 2.24) is 10.6 Å². The van der Waals surface area contributed by atoms with E-state index in [1.165, 1.54) is 0 Å². The van der Waals surface area contributed by atoms with Gasteiger partial charge >= 0.3 is 0 Å². The first kappa shape index (κ1) is 10.1. The van der Waals surface area contributed by atoms with E-state index in [1.54, 1.807) is 6.19 Å². The van der Waals surface area contributed by atoms with E-state index in [2.05, 4.69) is 28.3 Å². The molecular weight excluding hydrogens is 160 g/mol. The molecule has 0 amide bonds. The lowest BCUT2D eigenvalue weighted by Gasteiger charge is -2.04. The summed E-state index contributed by atoms with van der Waals surface area (Å²) in [5, 5.41) is 13.6. The molecule has 0 aromatic carbocycles. The van der Waals surface area contributed by atoms with Crippen LogP contribution in [0.2, 0.25) is 0 Å². The largest absolute Gasteiger partial charge is 0.355 e. The van der Waals surface area contributed by atoms with Gasteiger partial charge in [0.2, 0.25) is 5.96 Å². The number of hydrogen-bond donors (Lipinski definition) is 3. The molecule has 62 valence electrons. The fourth-order valence-electron chi connectivity index (χ4n) is 0.525. The molecule has 0 aliphatic carbocycles. The Morgan fingerprint density at radius 2 is 2.45 bits per heavy atom. The molecule has 0 spiro atoms. The van der Waals surface area contributed by atoms with E-state index in [-0.39, 0.29) is 0 Å². The van der Waals surface area contributed by atoms with Gasteiger partial charge in [0.05, 0.1) is 0 Å². The number of guanidine groups is 1. The zero-order chi connectivity index (χ0) is 8.53. The van der Waals surface area contributed by atoms with Gasteiger partial charge in [0.1, 0.15) is 0 Å². The molecule has 11 heavy (non-hydrogen) atoms. The highest BCUT2D eigenvalue weighted by Gasteiger charge is 1.92. The number of nitriles is 1. The molecule has 0 bridgehead atoms. The third kappa shape index (κ3) is 5.55. The molecule has 5 heteroatoms. The van der Waals surface area contributed by atoms with Crippen LogP contribution in [-0.2, 0) is 0 Å². The Bertz CT molecular complexity index is 160. The molecule has 4 nitrogen and oxygen atoms in total. The van der Waals surface area contributed by atoms with Gasteiger partial charge in [-0.05, 0) is 6.92 Å². The van der Waals surface area contributed by atoms with Gasteiger partial charge in [-0.25, -0.2) is 0 Å². The molecule has 0 fully saturated rings. The summed E-state index contributed by atoms with van der Waals surface area (Å²) >= 11 is 4.00. The summed E-state index contributed by atoms with van der Waals surface area (Å²) in [6.45, 7) is 3.27. The zero-order valence-corrected chi connectivity index (χ0v) is 7.36. The fraction of sp³-hybridized carbons (Fsp3) is 0.667. The third-order valence-electron chi connectivity index (χ3n) is 0.895. The van der Waals surface area contributed by atoms with Gasteiger partial charge < -0.3 is 5.32 Å². The van der Waals surface area contributed by atoms with Crippen molar-refractivity contribution in [3.8, 4) is 6.19 Å². The number of nitrogens with zero attached hydrogens (tertiary/aromatic N) is 2. The first-order valence-corrected chi connectivity index (χ1v) is 4.02. The summed E-state index contributed by atoms with van der Waals surface area (Å²) in [4.78, 5) is 3.99. The monoisotopic (exact) mass is 172 g/mol. The van der Waals surface area contributed by atoms with E-state index in [0.717, 1.165) is 5.75 Å². The molecule has 0 aromatic rings. The van der Waals surface area contributed by atoms with Crippen molar-refractivity contribution in [3.05, 3.63) is 0 Å². The molecule has 0 unspecified atom stereocenters. The number of nitrogens with one attached hydrogen (secondary N) is 2. The highest BCUT2D eigenvalue weighted by molar-refractivity contribution is 7.80. The van der Waals surface area contributed by atoms with Crippen molar-refractivity contribution in [2.24, 2.45) is 4.99 Å². The molecule has 0 heterocycles. The summed E-state index contributed by atoms with van der Waals surface area (Å²) in [5.41, 5.74) is 0. The zero-order valence-electron chi connectivity index (χ0n) is 6.46. The van der Waals surface area contributed by atoms with Crippen LogP contribution in [0.1, 0.15) is 6.92 Å². The van der Waals surface area contributed by atoms with Crippen LogP contribution < -0.4 is 10.6 Å². The lowest BCUT2D eigenvalue weighted by atomic mass is 10.7. The summed E-state index contributed by atoms with van der Waals surface area (Å²) < 4.78 is 0. The number of aliphatic imine (C=N–C) groups is 1. The smallest absolute Gasteiger partial charge is 0.204 e. The summed E-state index contributed by atoms with van der Waals surface area (Å²) in [6.07, 6.45) is 1.79. The van der Waals surface area contributed by atoms with Crippen molar-refractivity contribution >= 4 is 18.6 Å². The Labute approximate surface area is 72.1 Å². The van der Waals surface area contributed by atoms with Gasteiger partial charge in [-0.1, -0.05) is 0 Å². The Kier molecular flexibility index (Phi) is 6.64. The predicted octanol–water partition coefficient (Wildman–Crippen LogP) is -0.0476. The molecular formula is C6H12N4S. The SMILES string of the molecule is CCN=C(NC#N)NCCS. The van der Waals surface area contributed by atoms with Gasteiger partial charge in [0.15, 0.2) is 6.19 Å². The van der Waals surface area contributed by atoms with Crippen LogP contribution in [0.4, 0.5) is 0 Å². The molecule has 0 aromatic heterocycles. The maximum absolute atomic E-state index is 8.26. The van der Waals surface area contributed by atoms with Crippen LogP contribution in [0, 0.1) is 11.5 Å².